The largest absolute Gasteiger partial charge is 0.494 e. The number of aromatic nitrogens is 2. The number of rotatable bonds is 11. The molecule has 0 atom stereocenters. The van der Waals surface area contributed by atoms with Crippen LogP contribution in [0.4, 0.5) is 34.5 Å². The van der Waals surface area contributed by atoms with Gasteiger partial charge in [0.25, 0.3) is 0 Å². The van der Waals surface area contributed by atoms with Crippen LogP contribution in [-0.2, 0) is 0 Å². The van der Waals surface area contributed by atoms with Gasteiger partial charge in [-0.1, -0.05) is 36.5 Å². The van der Waals surface area contributed by atoms with Gasteiger partial charge >= 0.3 is 0 Å². The molecule has 1 aromatic heterocycles. The molecule has 12 heteroatoms. The summed E-state index contributed by atoms with van der Waals surface area (Å²) in [7, 11) is 5.56. The van der Waals surface area contributed by atoms with E-state index in [1.54, 1.807) is 32.4 Å². The molecule has 0 aliphatic carbocycles. The fourth-order valence-electron chi connectivity index (χ4n) is 5.76. The number of anilines is 6. The van der Waals surface area contributed by atoms with Crippen molar-refractivity contribution in [1.82, 2.24) is 19.8 Å². The molecular formula is C31H43ClN8O2S. The first kappa shape index (κ1) is 31.3. The Morgan fingerprint density at radius 3 is 2.42 bits per heavy atom. The van der Waals surface area contributed by atoms with Crippen molar-refractivity contribution in [2.75, 3.05) is 86.5 Å². The Morgan fingerprint density at radius 2 is 1.72 bits per heavy atom. The van der Waals surface area contributed by atoms with Crippen LogP contribution in [0.2, 0.25) is 5.02 Å². The molecular weight excluding hydrogens is 584 g/mol. The summed E-state index contributed by atoms with van der Waals surface area (Å²) in [6.45, 7) is 11.0. The van der Waals surface area contributed by atoms with Crippen LogP contribution < -0.4 is 29.7 Å². The van der Waals surface area contributed by atoms with Crippen molar-refractivity contribution in [2.45, 2.75) is 32.7 Å². The third-order valence-corrected chi connectivity index (χ3v) is 9.10. The van der Waals surface area contributed by atoms with Crippen molar-refractivity contribution in [2.24, 2.45) is 0 Å². The molecule has 2 aromatic carbocycles. The number of aryl methyl sites for hydroxylation is 1. The lowest BCUT2D eigenvalue weighted by Crippen LogP contribution is -2.52. The first-order valence-electron chi connectivity index (χ1n) is 14.9. The summed E-state index contributed by atoms with van der Waals surface area (Å²) < 4.78 is 14.8. The number of ether oxygens (including phenoxy) is 2. The lowest BCUT2D eigenvalue weighted by Gasteiger charge is -2.43. The van der Waals surface area contributed by atoms with Crippen LogP contribution in [0.3, 0.4) is 0 Å². The number of para-hydroxylation sites is 1. The van der Waals surface area contributed by atoms with Crippen molar-refractivity contribution in [3.05, 3.63) is 47.1 Å². The van der Waals surface area contributed by atoms with Gasteiger partial charge in [0, 0.05) is 62.8 Å². The van der Waals surface area contributed by atoms with Crippen LogP contribution in [-0.4, -0.2) is 92.1 Å². The van der Waals surface area contributed by atoms with E-state index >= 15 is 0 Å². The Bertz CT molecular complexity index is 1380. The van der Waals surface area contributed by atoms with Crippen molar-refractivity contribution in [3.8, 4) is 11.5 Å². The Hall–Kier alpha value is -3.12. The zero-order chi connectivity index (χ0) is 30.3. The van der Waals surface area contributed by atoms with Crippen LogP contribution in [0.1, 0.15) is 25.3 Å². The van der Waals surface area contributed by atoms with E-state index in [-0.39, 0.29) is 0 Å². The molecule has 0 spiro atoms. The lowest BCUT2D eigenvalue weighted by molar-refractivity contribution is 0.0982. The quantitative estimate of drug-likeness (QED) is 0.211. The summed E-state index contributed by atoms with van der Waals surface area (Å²) in [5, 5.41) is 7.11. The number of hydrogen-bond donors (Lipinski definition) is 3. The predicted octanol–water partition coefficient (Wildman–Crippen LogP) is 6.24. The standard InChI is InChI=1S/C31H43ClN8O2S/c1-6-43-37-29-24(8-7-9-27(29)41-4)34-30-23(32)20-33-31(36-30)35-25-18-21(2)26(19-28(25)42-5)40-12-10-22(11-13-40)39-16-14-38(3)15-17-39/h7-9,18-20,22,37H,6,10-17H2,1-5H3,(H2,33,34,35,36). The smallest absolute Gasteiger partial charge is 0.229 e. The molecule has 10 nitrogen and oxygen atoms in total. The monoisotopic (exact) mass is 626 g/mol. The molecule has 2 aliphatic rings. The van der Waals surface area contributed by atoms with Crippen molar-refractivity contribution in [3.63, 3.8) is 0 Å². The first-order chi connectivity index (χ1) is 20.9. The second-order valence-corrected chi connectivity index (χ2v) is 12.4. The highest BCUT2D eigenvalue weighted by molar-refractivity contribution is 8.00. The van der Waals surface area contributed by atoms with Gasteiger partial charge in [0.2, 0.25) is 5.95 Å². The minimum Gasteiger partial charge on any atom is -0.494 e. The second-order valence-electron chi connectivity index (χ2n) is 11.0. The normalized spacial score (nSPS) is 16.7. The second kappa shape index (κ2) is 14.6. The number of nitrogens with one attached hydrogen (secondary N) is 3. The van der Waals surface area contributed by atoms with Gasteiger partial charge in [0.05, 0.1) is 31.8 Å². The molecule has 0 saturated carbocycles. The van der Waals surface area contributed by atoms with Crippen molar-refractivity contribution >= 4 is 58.1 Å². The average Bonchev–Trinajstić information content (AvgIpc) is 3.02. The summed E-state index contributed by atoms with van der Waals surface area (Å²) in [5.41, 5.74) is 4.80. The van der Waals surface area contributed by atoms with Crippen LogP contribution >= 0.6 is 23.5 Å². The predicted molar refractivity (Wildman–Crippen MR) is 180 cm³/mol. The molecule has 3 heterocycles. The van der Waals surface area contributed by atoms with Gasteiger partial charge in [0.15, 0.2) is 5.82 Å². The molecule has 2 fully saturated rings. The third kappa shape index (κ3) is 7.52. The highest BCUT2D eigenvalue weighted by Crippen LogP contribution is 2.39. The lowest BCUT2D eigenvalue weighted by atomic mass is 10.0. The van der Waals surface area contributed by atoms with Gasteiger partial charge < -0.3 is 34.6 Å². The van der Waals surface area contributed by atoms with Gasteiger partial charge in [-0.15, -0.1) is 0 Å². The molecule has 0 amide bonds. The van der Waals surface area contributed by atoms with Crippen molar-refractivity contribution < 1.29 is 9.47 Å². The third-order valence-electron chi connectivity index (χ3n) is 8.19. The van der Waals surface area contributed by atoms with E-state index in [9.17, 15) is 0 Å². The molecule has 2 aliphatic heterocycles. The minimum absolute atomic E-state index is 0.404. The van der Waals surface area contributed by atoms with E-state index in [1.807, 2.05) is 18.2 Å². The number of likely N-dealkylation sites (N-methyl/N-ethyl adjacent to an activating group) is 1. The Labute approximate surface area is 264 Å². The number of benzene rings is 2. The Kier molecular flexibility index (Phi) is 10.6. The van der Waals surface area contributed by atoms with E-state index in [1.165, 1.54) is 37.2 Å². The fraction of sp³-hybridized carbons (Fsp3) is 0.484. The van der Waals surface area contributed by atoms with Crippen LogP contribution in [0, 0.1) is 6.92 Å². The van der Waals surface area contributed by atoms with Crippen LogP contribution in [0.25, 0.3) is 0 Å². The summed E-state index contributed by atoms with van der Waals surface area (Å²) >= 11 is 8.11. The molecule has 0 bridgehead atoms. The Morgan fingerprint density at radius 1 is 0.977 bits per heavy atom. The number of piperazine rings is 1. The van der Waals surface area contributed by atoms with Crippen molar-refractivity contribution in [1.29, 1.82) is 0 Å². The molecule has 232 valence electrons. The van der Waals surface area contributed by atoms with E-state index < -0.39 is 0 Å². The van der Waals surface area contributed by atoms with Gasteiger partial charge in [0.1, 0.15) is 22.2 Å². The molecule has 5 rings (SSSR count). The molecule has 43 heavy (non-hydrogen) atoms. The van der Waals surface area contributed by atoms with Gasteiger partial charge in [-0.05, 0) is 50.6 Å². The highest BCUT2D eigenvalue weighted by Gasteiger charge is 2.27. The maximum Gasteiger partial charge on any atom is 0.229 e. The first-order valence-corrected chi connectivity index (χ1v) is 16.2. The number of nitrogens with zero attached hydrogens (tertiary/aromatic N) is 5. The highest BCUT2D eigenvalue weighted by atomic mass is 35.5. The summed E-state index contributed by atoms with van der Waals surface area (Å²) in [6.07, 6.45) is 3.95. The SMILES string of the molecule is CCSNc1c(Nc2nc(Nc3cc(C)c(N4CCC(N5CCN(C)CC5)CC4)cc3OC)ncc2Cl)cccc1OC. The number of piperidine rings is 1. The zero-order valence-corrected chi connectivity index (χ0v) is 27.3. The van der Waals surface area contributed by atoms with Crippen LogP contribution in [0.5, 0.6) is 11.5 Å². The van der Waals surface area contributed by atoms with Crippen LogP contribution in [0.15, 0.2) is 36.5 Å². The topological polar surface area (TPSA) is 90.1 Å². The van der Waals surface area contributed by atoms with E-state index in [2.05, 4.69) is 68.1 Å². The number of hydrogen-bond acceptors (Lipinski definition) is 11. The fourth-order valence-corrected chi connectivity index (χ4v) is 6.40. The summed E-state index contributed by atoms with van der Waals surface area (Å²) in [4.78, 5) is 16.7. The molecule has 3 aromatic rings. The minimum atomic E-state index is 0.404. The van der Waals surface area contributed by atoms with E-state index in [0.717, 1.165) is 60.5 Å². The summed E-state index contributed by atoms with van der Waals surface area (Å²) in [6, 6.07) is 10.7. The van der Waals surface area contributed by atoms with Gasteiger partial charge in [-0.2, -0.15) is 4.98 Å². The Balaban J connectivity index is 1.30. The summed E-state index contributed by atoms with van der Waals surface area (Å²) in [5.74, 6) is 3.25. The molecule has 0 radical (unpaired) electrons. The average molecular weight is 627 g/mol. The zero-order valence-electron chi connectivity index (χ0n) is 25.7. The van der Waals surface area contributed by atoms with E-state index in [4.69, 9.17) is 26.1 Å². The molecule has 3 N–H and O–H groups in total. The number of halogens is 1. The molecule has 2 saturated heterocycles. The maximum atomic E-state index is 6.53. The van der Waals surface area contributed by atoms with E-state index in [0.29, 0.717) is 22.8 Å². The van der Waals surface area contributed by atoms with Gasteiger partial charge in [-0.3, -0.25) is 4.90 Å². The molecule has 0 unspecified atom stereocenters. The maximum absolute atomic E-state index is 6.53. The van der Waals surface area contributed by atoms with Gasteiger partial charge in [-0.25, -0.2) is 4.98 Å². The number of methoxy groups -OCH3 is 2.